The summed E-state index contributed by atoms with van der Waals surface area (Å²) in [7, 11) is 0. The highest BCUT2D eigenvalue weighted by Crippen LogP contribution is 2.15. The van der Waals surface area contributed by atoms with E-state index in [-0.39, 0.29) is 5.91 Å². The Morgan fingerprint density at radius 3 is 2.83 bits per heavy atom. The monoisotopic (exact) mass is 264 g/mol. The number of nitrogens with one attached hydrogen (secondary N) is 2. The minimum absolute atomic E-state index is 0.124. The fourth-order valence-corrected chi connectivity index (χ4v) is 2.55. The second kappa shape index (κ2) is 6.81. The van der Waals surface area contributed by atoms with Gasteiger partial charge >= 0.3 is 0 Å². The topological polar surface area (TPSA) is 41.1 Å². The lowest BCUT2D eigenvalue weighted by atomic mass is 10.1. The molecule has 1 atom stereocenters. The van der Waals surface area contributed by atoms with Gasteiger partial charge in [-0.2, -0.15) is 0 Å². The van der Waals surface area contributed by atoms with Crippen molar-refractivity contribution in [3.63, 3.8) is 0 Å². The summed E-state index contributed by atoms with van der Waals surface area (Å²) < 4.78 is 0. The van der Waals surface area contributed by atoms with Gasteiger partial charge in [-0.3, -0.25) is 4.79 Å². The average molecular weight is 264 g/mol. The van der Waals surface area contributed by atoms with Gasteiger partial charge in [-0.05, 0) is 49.4 Å². The highest BCUT2D eigenvalue weighted by atomic mass is 32.2. The molecule has 0 aromatic heterocycles. The molecule has 98 valence electrons. The van der Waals surface area contributed by atoms with E-state index in [4.69, 9.17) is 0 Å². The summed E-state index contributed by atoms with van der Waals surface area (Å²) in [5.41, 5.74) is 1.08. The zero-order valence-corrected chi connectivity index (χ0v) is 11.6. The van der Waals surface area contributed by atoms with Crippen LogP contribution in [0.3, 0.4) is 0 Å². The van der Waals surface area contributed by atoms with Crippen molar-refractivity contribution in [3.8, 4) is 0 Å². The minimum atomic E-state index is 0.124. The number of rotatable bonds is 5. The van der Waals surface area contributed by atoms with E-state index in [9.17, 15) is 4.79 Å². The standard InChI is InChI=1S/C14H20N2OS/c1-18-13-4-2-11(3-5-13)8-14(17)16-10-12-6-7-15-9-12/h2-5,12,15H,6-10H2,1H3,(H,16,17). The summed E-state index contributed by atoms with van der Waals surface area (Å²) in [6.45, 7) is 2.91. The Hall–Kier alpha value is -1.00. The lowest BCUT2D eigenvalue weighted by Crippen LogP contribution is -2.31. The van der Waals surface area contributed by atoms with E-state index in [1.165, 1.54) is 11.3 Å². The van der Waals surface area contributed by atoms with Crippen LogP contribution in [0.1, 0.15) is 12.0 Å². The largest absolute Gasteiger partial charge is 0.355 e. The summed E-state index contributed by atoms with van der Waals surface area (Å²) in [5.74, 6) is 0.728. The third-order valence-corrected chi connectivity index (χ3v) is 4.02. The molecule has 1 heterocycles. The number of carbonyl (C=O) groups is 1. The van der Waals surface area contributed by atoms with Crippen molar-refractivity contribution in [1.29, 1.82) is 0 Å². The van der Waals surface area contributed by atoms with Gasteiger partial charge in [-0.25, -0.2) is 0 Å². The molecule has 2 rings (SSSR count). The number of thioether (sulfide) groups is 1. The second-order valence-electron chi connectivity index (χ2n) is 4.69. The summed E-state index contributed by atoms with van der Waals surface area (Å²) in [6.07, 6.45) is 3.70. The molecule has 1 unspecified atom stereocenters. The van der Waals surface area contributed by atoms with E-state index in [1.807, 2.05) is 12.1 Å². The van der Waals surface area contributed by atoms with Gasteiger partial charge in [0.25, 0.3) is 0 Å². The molecule has 18 heavy (non-hydrogen) atoms. The molecule has 1 fully saturated rings. The Labute approximate surface area is 113 Å². The van der Waals surface area contributed by atoms with Gasteiger partial charge in [-0.1, -0.05) is 12.1 Å². The first-order chi connectivity index (χ1) is 8.78. The predicted molar refractivity (Wildman–Crippen MR) is 75.9 cm³/mol. The van der Waals surface area contributed by atoms with Crippen LogP contribution in [0.2, 0.25) is 0 Å². The molecule has 3 nitrogen and oxygen atoms in total. The Bertz CT molecular complexity index is 385. The zero-order valence-electron chi connectivity index (χ0n) is 10.7. The van der Waals surface area contributed by atoms with E-state index >= 15 is 0 Å². The summed E-state index contributed by atoms with van der Waals surface area (Å²) in [6, 6.07) is 8.19. The van der Waals surface area contributed by atoms with Gasteiger partial charge in [0.2, 0.25) is 5.91 Å². The van der Waals surface area contributed by atoms with E-state index in [1.54, 1.807) is 11.8 Å². The average Bonchev–Trinajstić information content (AvgIpc) is 2.90. The van der Waals surface area contributed by atoms with Crippen LogP contribution in [0.5, 0.6) is 0 Å². The molecule has 1 aromatic carbocycles. The molecule has 1 saturated heterocycles. The van der Waals surface area contributed by atoms with Crippen molar-refractivity contribution >= 4 is 17.7 Å². The lowest BCUT2D eigenvalue weighted by molar-refractivity contribution is -0.120. The Kier molecular flexibility index (Phi) is 5.08. The number of amides is 1. The number of hydrogen-bond acceptors (Lipinski definition) is 3. The van der Waals surface area contributed by atoms with Gasteiger partial charge in [0, 0.05) is 11.4 Å². The fraction of sp³-hybridized carbons (Fsp3) is 0.500. The zero-order chi connectivity index (χ0) is 12.8. The van der Waals surface area contributed by atoms with E-state index < -0.39 is 0 Å². The van der Waals surface area contributed by atoms with Crippen molar-refractivity contribution in [2.45, 2.75) is 17.7 Å². The van der Waals surface area contributed by atoms with E-state index in [0.717, 1.165) is 25.2 Å². The highest BCUT2D eigenvalue weighted by molar-refractivity contribution is 7.98. The first-order valence-electron chi connectivity index (χ1n) is 6.38. The van der Waals surface area contributed by atoms with Crippen molar-refractivity contribution < 1.29 is 4.79 Å². The molecule has 1 aliphatic heterocycles. The maximum absolute atomic E-state index is 11.8. The molecule has 0 aliphatic carbocycles. The second-order valence-corrected chi connectivity index (χ2v) is 5.57. The molecular weight excluding hydrogens is 244 g/mol. The van der Waals surface area contributed by atoms with Gasteiger partial charge in [0.1, 0.15) is 0 Å². The normalized spacial score (nSPS) is 18.8. The van der Waals surface area contributed by atoms with Crippen LogP contribution in [0, 0.1) is 5.92 Å². The molecular formula is C14H20N2OS. The van der Waals surface area contributed by atoms with E-state index in [2.05, 4.69) is 29.0 Å². The van der Waals surface area contributed by atoms with Gasteiger partial charge in [-0.15, -0.1) is 11.8 Å². The predicted octanol–water partition coefficient (Wildman–Crippen LogP) is 1.68. The van der Waals surface area contributed by atoms with Gasteiger partial charge in [0.15, 0.2) is 0 Å². The first kappa shape index (κ1) is 13.4. The van der Waals surface area contributed by atoms with Crippen LogP contribution in [0.4, 0.5) is 0 Å². The summed E-state index contributed by atoms with van der Waals surface area (Å²) >= 11 is 1.72. The molecule has 0 bridgehead atoms. The van der Waals surface area contributed by atoms with Crippen molar-refractivity contribution in [2.75, 3.05) is 25.9 Å². The van der Waals surface area contributed by atoms with Crippen LogP contribution >= 0.6 is 11.8 Å². The molecule has 1 amide bonds. The van der Waals surface area contributed by atoms with Gasteiger partial charge in [0.05, 0.1) is 6.42 Å². The van der Waals surface area contributed by atoms with Crippen LogP contribution in [0.25, 0.3) is 0 Å². The van der Waals surface area contributed by atoms with Crippen LogP contribution in [-0.2, 0) is 11.2 Å². The maximum Gasteiger partial charge on any atom is 0.224 e. The van der Waals surface area contributed by atoms with Crippen molar-refractivity contribution in [2.24, 2.45) is 5.92 Å². The summed E-state index contributed by atoms with van der Waals surface area (Å²) in [4.78, 5) is 13.0. The third kappa shape index (κ3) is 4.03. The van der Waals surface area contributed by atoms with Crippen LogP contribution < -0.4 is 10.6 Å². The third-order valence-electron chi connectivity index (χ3n) is 3.27. The Morgan fingerprint density at radius 2 is 2.22 bits per heavy atom. The SMILES string of the molecule is CSc1ccc(CC(=O)NCC2CCNC2)cc1. The fourth-order valence-electron chi connectivity index (χ4n) is 2.14. The minimum Gasteiger partial charge on any atom is -0.355 e. The van der Waals surface area contributed by atoms with Crippen LogP contribution in [-0.4, -0.2) is 31.8 Å². The molecule has 1 aromatic rings. The molecule has 4 heteroatoms. The molecule has 1 aliphatic rings. The lowest BCUT2D eigenvalue weighted by Gasteiger charge is -2.10. The quantitative estimate of drug-likeness (QED) is 0.795. The molecule has 0 saturated carbocycles. The molecule has 2 N–H and O–H groups in total. The van der Waals surface area contributed by atoms with E-state index in [0.29, 0.717) is 12.3 Å². The van der Waals surface area contributed by atoms with Crippen molar-refractivity contribution in [1.82, 2.24) is 10.6 Å². The van der Waals surface area contributed by atoms with Crippen molar-refractivity contribution in [3.05, 3.63) is 29.8 Å². The van der Waals surface area contributed by atoms with Gasteiger partial charge < -0.3 is 10.6 Å². The number of carbonyl (C=O) groups excluding carboxylic acids is 1. The summed E-state index contributed by atoms with van der Waals surface area (Å²) in [5, 5.41) is 6.32. The number of benzene rings is 1. The Morgan fingerprint density at radius 1 is 1.44 bits per heavy atom. The molecule has 0 spiro atoms. The highest BCUT2D eigenvalue weighted by Gasteiger charge is 2.15. The first-order valence-corrected chi connectivity index (χ1v) is 7.61. The molecule has 0 radical (unpaired) electrons. The maximum atomic E-state index is 11.8. The number of hydrogen-bond donors (Lipinski definition) is 2. The smallest absolute Gasteiger partial charge is 0.224 e. The Balaban J connectivity index is 1.75. The van der Waals surface area contributed by atoms with Crippen LogP contribution in [0.15, 0.2) is 29.2 Å².